The molecule has 2 bridgehead atoms. The van der Waals surface area contributed by atoms with Crippen LogP contribution in [0.5, 0.6) is 5.75 Å². The molecule has 0 spiro atoms. The first kappa shape index (κ1) is 24.0. The van der Waals surface area contributed by atoms with Crippen LogP contribution in [-0.2, 0) is 0 Å². The Morgan fingerprint density at radius 3 is 2.62 bits per heavy atom. The number of fused-ring (bicyclic) bond motifs is 9. The topological polar surface area (TPSA) is 105 Å². The zero-order chi connectivity index (χ0) is 27.1. The lowest BCUT2D eigenvalue weighted by molar-refractivity contribution is -0.0507. The van der Waals surface area contributed by atoms with E-state index >= 15 is 0 Å². The molecule has 0 unspecified atom stereocenters. The van der Waals surface area contributed by atoms with Gasteiger partial charge in [-0.2, -0.15) is 8.78 Å². The number of nitrogens with zero attached hydrogens (tertiary/aromatic N) is 5. The molecule has 0 radical (unpaired) electrons. The molecule has 2 aromatic heterocycles. The molecule has 1 amide bonds. The smallest absolute Gasteiger partial charge is 0.387 e. The third-order valence-electron chi connectivity index (χ3n) is 8.10. The van der Waals surface area contributed by atoms with Gasteiger partial charge in [0.1, 0.15) is 11.6 Å². The van der Waals surface area contributed by atoms with E-state index in [0.717, 1.165) is 22.2 Å². The van der Waals surface area contributed by atoms with Crippen LogP contribution in [0.25, 0.3) is 22.2 Å². The molecule has 0 saturated carbocycles. The number of carbonyl (C=O) groups is 1. The molecule has 0 aliphatic carbocycles. The number of hydrogen-bond donors (Lipinski definition) is 2. The van der Waals surface area contributed by atoms with Crippen molar-refractivity contribution in [3.63, 3.8) is 0 Å². The highest BCUT2D eigenvalue weighted by molar-refractivity contribution is 5.98. The largest absolute Gasteiger partial charge is 0.434 e. The first-order valence-corrected chi connectivity index (χ1v) is 12.9. The number of carbonyl (C=O) groups excluding carboxylic acids is 1. The number of amides is 1. The van der Waals surface area contributed by atoms with Crippen molar-refractivity contribution >= 4 is 22.9 Å². The third kappa shape index (κ3) is 3.82. The SMILES string of the molecule is CC(C)(O)C1CN(c2ncc(-c3ccc4nc5n(c4c3)[C@@H]3C[C@H]5NC(=O)c4cccc(OC(F)F)c43)cn2)C1. The number of ether oxygens (including phenoxy) is 1. The number of benzene rings is 2. The van der Waals surface area contributed by atoms with Gasteiger partial charge in [0, 0.05) is 48.1 Å². The van der Waals surface area contributed by atoms with E-state index in [0.29, 0.717) is 42.4 Å². The second-order valence-corrected chi connectivity index (χ2v) is 10.9. The van der Waals surface area contributed by atoms with Crippen LogP contribution in [0, 0.1) is 5.92 Å². The van der Waals surface area contributed by atoms with Gasteiger partial charge in [-0.3, -0.25) is 4.79 Å². The minimum atomic E-state index is -3.01. The van der Waals surface area contributed by atoms with Gasteiger partial charge < -0.3 is 24.6 Å². The standard InChI is InChI=1S/C28H26F2N6O3/c1-28(2,38)16-12-35(13-16)27-31-10-15(11-32-27)14-6-7-18-20(8-14)36-21-9-19(24(36)33-18)34-25(37)17-4-3-5-22(23(17)21)39-26(29)30/h3-8,10-11,16,19,21,26,38H,9,12-13H2,1-2H3,(H,34,37)/t19-,21-/m1/s1. The molecule has 2 N–H and O–H groups in total. The van der Waals surface area contributed by atoms with Crippen LogP contribution in [0.4, 0.5) is 14.7 Å². The molecule has 9 nitrogen and oxygen atoms in total. The van der Waals surface area contributed by atoms with Crippen molar-refractivity contribution in [2.45, 2.75) is 44.6 Å². The number of imidazole rings is 1. The van der Waals surface area contributed by atoms with E-state index in [2.05, 4.69) is 15.3 Å². The van der Waals surface area contributed by atoms with E-state index in [9.17, 15) is 18.7 Å². The van der Waals surface area contributed by atoms with Crippen LogP contribution in [0.2, 0.25) is 0 Å². The van der Waals surface area contributed by atoms with E-state index in [-0.39, 0.29) is 23.6 Å². The molecule has 2 aromatic carbocycles. The molecular weight excluding hydrogens is 506 g/mol. The number of hydrogen-bond acceptors (Lipinski definition) is 7. The fourth-order valence-corrected chi connectivity index (χ4v) is 5.91. The van der Waals surface area contributed by atoms with Crippen molar-refractivity contribution < 1.29 is 23.4 Å². The molecule has 2 atom stereocenters. The van der Waals surface area contributed by atoms with Gasteiger partial charge in [-0.25, -0.2) is 15.0 Å². The minimum Gasteiger partial charge on any atom is -0.434 e. The number of aromatic nitrogens is 4. The van der Waals surface area contributed by atoms with Crippen molar-refractivity contribution in [1.29, 1.82) is 0 Å². The summed E-state index contributed by atoms with van der Waals surface area (Å²) < 4.78 is 33.4. The van der Waals surface area contributed by atoms with Gasteiger partial charge in [-0.1, -0.05) is 12.1 Å². The van der Waals surface area contributed by atoms with Crippen LogP contribution in [0.1, 0.15) is 54.1 Å². The lowest BCUT2D eigenvalue weighted by Crippen LogP contribution is -2.56. The van der Waals surface area contributed by atoms with Gasteiger partial charge >= 0.3 is 6.61 Å². The summed E-state index contributed by atoms with van der Waals surface area (Å²) in [6, 6.07) is 9.75. The summed E-state index contributed by atoms with van der Waals surface area (Å²) >= 11 is 0. The highest BCUT2D eigenvalue weighted by Gasteiger charge is 2.42. The number of anilines is 1. The van der Waals surface area contributed by atoms with Crippen molar-refractivity contribution in [1.82, 2.24) is 24.8 Å². The molecule has 200 valence electrons. The normalized spacial score (nSPS) is 20.5. The predicted molar refractivity (Wildman–Crippen MR) is 139 cm³/mol. The van der Waals surface area contributed by atoms with Gasteiger partial charge in [-0.05, 0) is 50.1 Å². The summed E-state index contributed by atoms with van der Waals surface area (Å²) in [6.07, 6.45) is 4.04. The maximum Gasteiger partial charge on any atom is 0.387 e. The fourth-order valence-electron chi connectivity index (χ4n) is 5.91. The molecule has 1 fully saturated rings. The van der Waals surface area contributed by atoms with Gasteiger partial charge in [0.25, 0.3) is 5.91 Å². The molecule has 11 heteroatoms. The van der Waals surface area contributed by atoms with Crippen LogP contribution < -0.4 is 15.0 Å². The first-order valence-electron chi connectivity index (χ1n) is 12.9. The summed E-state index contributed by atoms with van der Waals surface area (Å²) in [5.74, 6) is 1.15. The van der Waals surface area contributed by atoms with E-state index < -0.39 is 18.3 Å². The third-order valence-corrected chi connectivity index (χ3v) is 8.10. The number of rotatable bonds is 5. The molecule has 5 heterocycles. The second-order valence-electron chi connectivity index (χ2n) is 10.9. The minimum absolute atomic E-state index is 0.00374. The summed E-state index contributed by atoms with van der Waals surface area (Å²) in [6.45, 7) is 2.03. The van der Waals surface area contributed by atoms with Crippen molar-refractivity contribution in [2.75, 3.05) is 18.0 Å². The molecular formula is C28H26F2N6O3. The van der Waals surface area contributed by atoms with Crippen molar-refractivity contribution in [2.24, 2.45) is 5.92 Å². The van der Waals surface area contributed by atoms with E-state index in [1.165, 1.54) is 6.07 Å². The van der Waals surface area contributed by atoms with Crippen LogP contribution in [-0.4, -0.2) is 55.8 Å². The van der Waals surface area contributed by atoms with Gasteiger partial charge in [-0.15, -0.1) is 0 Å². The number of halogens is 2. The monoisotopic (exact) mass is 532 g/mol. The Bertz CT molecular complexity index is 1610. The quantitative estimate of drug-likeness (QED) is 0.399. The lowest BCUT2D eigenvalue weighted by Gasteiger charge is -2.45. The Morgan fingerprint density at radius 1 is 1.13 bits per heavy atom. The Hall–Kier alpha value is -4.12. The molecule has 1 saturated heterocycles. The van der Waals surface area contributed by atoms with Crippen LogP contribution >= 0.6 is 0 Å². The highest BCUT2D eigenvalue weighted by Crippen LogP contribution is 2.47. The van der Waals surface area contributed by atoms with E-state index in [4.69, 9.17) is 9.72 Å². The Balaban J connectivity index is 1.25. The zero-order valence-electron chi connectivity index (χ0n) is 21.3. The average Bonchev–Trinajstić information content (AvgIpc) is 3.34. The molecule has 3 aliphatic rings. The summed E-state index contributed by atoms with van der Waals surface area (Å²) in [5.41, 5.74) is 3.30. The molecule has 39 heavy (non-hydrogen) atoms. The summed E-state index contributed by atoms with van der Waals surface area (Å²) in [7, 11) is 0. The highest BCUT2D eigenvalue weighted by atomic mass is 19.3. The van der Waals surface area contributed by atoms with Gasteiger partial charge in [0.2, 0.25) is 5.95 Å². The second kappa shape index (κ2) is 8.44. The van der Waals surface area contributed by atoms with Crippen molar-refractivity contribution in [3.8, 4) is 16.9 Å². The van der Waals surface area contributed by atoms with Gasteiger partial charge in [0.05, 0.1) is 28.7 Å². The van der Waals surface area contributed by atoms with E-state index in [1.807, 2.05) is 41.5 Å². The predicted octanol–water partition coefficient (Wildman–Crippen LogP) is 4.08. The summed E-state index contributed by atoms with van der Waals surface area (Å²) in [4.78, 5) is 28.9. The molecule has 7 rings (SSSR count). The van der Waals surface area contributed by atoms with E-state index in [1.54, 1.807) is 24.5 Å². The number of aliphatic hydroxyl groups is 1. The maximum atomic E-state index is 13.3. The lowest BCUT2D eigenvalue weighted by atomic mass is 9.85. The Labute approximate surface area is 222 Å². The number of nitrogens with one attached hydrogen (secondary N) is 1. The summed E-state index contributed by atoms with van der Waals surface area (Å²) in [5, 5.41) is 13.2. The first-order chi connectivity index (χ1) is 18.7. The van der Waals surface area contributed by atoms with Gasteiger partial charge in [0.15, 0.2) is 0 Å². The molecule has 3 aliphatic heterocycles. The molecule has 4 aromatic rings. The zero-order valence-corrected chi connectivity index (χ0v) is 21.3. The van der Waals surface area contributed by atoms with Crippen molar-refractivity contribution in [3.05, 3.63) is 65.7 Å². The Kier molecular flexibility index (Phi) is 5.18. The average molecular weight is 533 g/mol. The van der Waals surface area contributed by atoms with Crippen LogP contribution in [0.3, 0.4) is 0 Å². The fraction of sp³-hybridized carbons (Fsp3) is 0.357. The Morgan fingerprint density at radius 2 is 1.90 bits per heavy atom. The maximum absolute atomic E-state index is 13.3. The van der Waals surface area contributed by atoms with Crippen LogP contribution in [0.15, 0.2) is 48.8 Å². The number of alkyl halides is 2.